The summed E-state index contributed by atoms with van der Waals surface area (Å²) in [6, 6.07) is 17.2. The van der Waals surface area contributed by atoms with Crippen molar-refractivity contribution in [3.05, 3.63) is 65.2 Å². The maximum Gasteiger partial charge on any atom is 0.189 e. The molecule has 4 unspecified atom stereocenters. The van der Waals surface area contributed by atoms with Gasteiger partial charge in [-0.3, -0.25) is 4.99 Å². The van der Waals surface area contributed by atoms with Crippen molar-refractivity contribution in [2.24, 2.45) is 22.6 Å². The summed E-state index contributed by atoms with van der Waals surface area (Å²) in [7, 11) is 0. The van der Waals surface area contributed by atoms with Crippen molar-refractivity contribution < 1.29 is 4.74 Å². The van der Waals surface area contributed by atoms with Crippen molar-refractivity contribution in [2.75, 3.05) is 13.2 Å². The number of nitrogens with two attached hydrogens (primary N) is 1. The van der Waals surface area contributed by atoms with E-state index in [2.05, 4.69) is 40.6 Å². The first kappa shape index (κ1) is 17.6. The largest absolute Gasteiger partial charge is 0.493 e. The van der Waals surface area contributed by atoms with E-state index in [1.807, 2.05) is 18.2 Å². The summed E-state index contributed by atoms with van der Waals surface area (Å²) >= 11 is 0. The number of guanidine groups is 1. The summed E-state index contributed by atoms with van der Waals surface area (Å²) in [5.74, 6) is 3.65. The number of hydrogen-bond acceptors (Lipinski definition) is 2. The highest BCUT2D eigenvalue weighted by Gasteiger charge is 2.54. The summed E-state index contributed by atoms with van der Waals surface area (Å²) in [6.07, 6.45) is 2.12. The normalized spacial score (nSPS) is 28.1. The van der Waals surface area contributed by atoms with Crippen LogP contribution in [0.2, 0.25) is 0 Å². The second-order valence-corrected chi connectivity index (χ2v) is 7.35. The Bertz CT molecular complexity index is 838. The fraction of sp³-hybridized carbons (Fsp3) is 0.381. The van der Waals surface area contributed by atoms with E-state index < -0.39 is 0 Å². The SMILES string of the molecule is I.NC(=NCC1C2Cc3ccccc3C12)NC1CCOc2ccccc21. The van der Waals surface area contributed by atoms with E-state index in [-0.39, 0.29) is 30.0 Å². The first-order valence-corrected chi connectivity index (χ1v) is 9.17. The zero-order chi connectivity index (χ0) is 16.8. The van der Waals surface area contributed by atoms with Crippen LogP contribution in [0.3, 0.4) is 0 Å². The molecule has 1 fully saturated rings. The molecule has 5 heteroatoms. The van der Waals surface area contributed by atoms with Gasteiger partial charge in [0.2, 0.25) is 0 Å². The van der Waals surface area contributed by atoms with Gasteiger partial charge in [-0.05, 0) is 41.4 Å². The lowest BCUT2D eigenvalue weighted by molar-refractivity contribution is 0.262. The van der Waals surface area contributed by atoms with E-state index in [0.717, 1.165) is 24.6 Å². The highest BCUT2D eigenvalue weighted by Crippen LogP contribution is 2.61. The molecule has 5 rings (SSSR count). The Morgan fingerprint density at radius 1 is 1.12 bits per heavy atom. The Balaban J connectivity index is 0.00000168. The molecule has 26 heavy (non-hydrogen) atoms. The second kappa shape index (κ2) is 7.10. The van der Waals surface area contributed by atoms with Gasteiger partial charge in [-0.25, -0.2) is 0 Å². The average molecular weight is 461 g/mol. The lowest BCUT2D eigenvalue weighted by atomic mass is 10.0. The molecular weight excluding hydrogens is 437 g/mol. The molecule has 3 N–H and O–H groups in total. The molecule has 2 aromatic rings. The predicted octanol–water partition coefficient (Wildman–Crippen LogP) is 3.62. The Morgan fingerprint density at radius 2 is 1.88 bits per heavy atom. The number of ether oxygens (including phenoxy) is 1. The Morgan fingerprint density at radius 3 is 2.77 bits per heavy atom. The second-order valence-electron chi connectivity index (χ2n) is 7.35. The molecule has 136 valence electrons. The molecule has 0 bridgehead atoms. The minimum absolute atomic E-state index is 0. The standard InChI is InChI=1S/C21H23N3O.HI/c22-21(24-18-9-10-25-19-8-4-3-7-15(18)19)23-12-17-16-11-13-5-1-2-6-14(13)20(16)17;/h1-8,16-18,20H,9-12H2,(H3,22,23,24);1H. The van der Waals surface area contributed by atoms with Crippen LogP contribution in [-0.2, 0) is 6.42 Å². The third-order valence-corrected chi connectivity index (χ3v) is 5.95. The van der Waals surface area contributed by atoms with Crippen LogP contribution in [0, 0.1) is 11.8 Å². The highest BCUT2D eigenvalue weighted by molar-refractivity contribution is 14.0. The maximum atomic E-state index is 6.18. The van der Waals surface area contributed by atoms with Gasteiger partial charge in [-0.2, -0.15) is 0 Å². The van der Waals surface area contributed by atoms with Crippen LogP contribution < -0.4 is 15.8 Å². The summed E-state index contributed by atoms with van der Waals surface area (Å²) in [4.78, 5) is 4.65. The predicted molar refractivity (Wildman–Crippen MR) is 114 cm³/mol. The fourth-order valence-electron chi connectivity index (χ4n) is 4.65. The van der Waals surface area contributed by atoms with E-state index in [0.29, 0.717) is 24.4 Å². The molecule has 1 saturated carbocycles. The average Bonchev–Trinajstić information content (AvgIpc) is 3.18. The van der Waals surface area contributed by atoms with Crippen molar-refractivity contribution in [2.45, 2.75) is 24.8 Å². The van der Waals surface area contributed by atoms with Gasteiger partial charge >= 0.3 is 0 Å². The Labute approximate surface area is 171 Å². The molecular formula is C21H24IN3O. The van der Waals surface area contributed by atoms with Crippen molar-refractivity contribution in [3.8, 4) is 5.75 Å². The molecule has 1 aliphatic heterocycles. The van der Waals surface area contributed by atoms with Gasteiger partial charge in [0.1, 0.15) is 5.75 Å². The number of fused-ring (bicyclic) bond motifs is 4. The molecule has 2 aliphatic carbocycles. The topological polar surface area (TPSA) is 59.6 Å². The highest BCUT2D eigenvalue weighted by atomic mass is 127. The number of aliphatic imine (C=N–C) groups is 1. The number of halogens is 1. The smallest absolute Gasteiger partial charge is 0.189 e. The van der Waals surface area contributed by atoms with Gasteiger partial charge < -0.3 is 15.8 Å². The lowest BCUT2D eigenvalue weighted by Crippen LogP contribution is -2.37. The molecule has 4 nitrogen and oxygen atoms in total. The van der Waals surface area contributed by atoms with Crippen molar-refractivity contribution in [1.82, 2.24) is 5.32 Å². The zero-order valence-electron chi connectivity index (χ0n) is 14.6. The molecule has 0 radical (unpaired) electrons. The van der Waals surface area contributed by atoms with Gasteiger partial charge in [-0.1, -0.05) is 42.5 Å². The van der Waals surface area contributed by atoms with Gasteiger partial charge in [0.25, 0.3) is 0 Å². The summed E-state index contributed by atoms with van der Waals surface area (Å²) in [5.41, 5.74) is 10.4. The van der Waals surface area contributed by atoms with Crippen molar-refractivity contribution in [3.63, 3.8) is 0 Å². The van der Waals surface area contributed by atoms with Crippen LogP contribution in [-0.4, -0.2) is 19.1 Å². The summed E-state index contributed by atoms with van der Waals surface area (Å²) in [5, 5.41) is 3.39. The number of para-hydroxylation sites is 1. The van der Waals surface area contributed by atoms with Crippen LogP contribution in [0.4, 0.5) is 0 Å². The molecule has 0 spiro atoms. The van der Waals surface area contributed by atoms with Gasteiger partial charge in [-0.15, -0.1) is 24.0 Å². The minimum Gasteiger partial charge on any atom is -0.493 e. The third kappa shape index (κ3) is 3.06. The zero-order valence-corrected chi connectivity index (χ0v) is 16.9. The van der Waals surface area contributed by atoms with Gasteiger partial charge in [0, 0.05) is 18.5 Å². The van der Waals surface area contributed by atoms with Gasteiger partial charge in [0.05, 0.1) is 12.6 Å². The molecule has 4 atom stereocenters. The summed E-state index contributed by atoms with van der Waals surface area (Å²) < 4.78 is 5.71. The fourth-order valence-corrected chi connectivity index (χ4v) is 4.65. The van der Waals surface area contributed by atoms with E-state index in [4.69, 9.17) is 10.5 Å². The molecule has 2 aromatic carbocycles. The molecule has 1 heterocycles. The maximum absolute atomic E-state index is 6.18. The monoisotopic (exact) mass is 461 g/mol. The quantitative estimate of drug-likeness (QED) is 0.417. The number of nitrogens with zero attached hydrogens (tertiary/aromatic N) is 1. The molecule has 0 aromatic heterocycles. The van der Waals surface area contributed by atoms with Crippen LogP contribution in [0.1, 0.15) is 35.1 Å². The van der Waals surface area contributed by atoms with Gasteiger partial charge in [0.15, 0.2) is 5.96 Å². The van der Waals surface area contributed by atoms with Crippen LogP contribution in [0.25, 0.3) is 0 Å². The van der Waals surface area contributed by atoms with Crippen LogP contribution in [0.15, 0.2) is 53.5 Å². The first-order valence-electron chi connectivity index (χ1n) is 9.17. The third-order valence-electron chi connectivity index (χ3n) is 5.95. The van der Waals surface area contributed by atoms with E-state index in [1.54, 1.807) is 0 Å². The van der Waals surface area contributed by atoms with E-state index in [1.165, 1.54) is 23.1 Å². The van der Waals surface area contributed by atoms with Crippen molar-refractivity contribution >= 4 is 29.9 Å². The van der Waals surface area contributed by atoms with Crippen LogP contribution >= 0.6 is 24.0 Å². The van der Waals surface area contributed by atoms with Crippen LogP contribution in [0.5, 0.6) is 5.75 Å². The lowest BCUT2D eigenvalue weighted by Gasteiger charge is -2.27. The van der Waals surface area contributed by atoms with E-state index >= 15 is 0 Å². The number of hydrogen-bond donors (Lipinski definition) is 2. The number of rotatable bonds is 3. The Kier molecular flexibility index (Phi) is 4.82. The summed E-state index contributed by atoms with van der Waals surface area (Å²) in [6.45, 7) is 1.54. The first-order chi connectivity index (χ1) is 12.3. The molecule has 0 amide bonds. The molecule has 0 saturated heterocycles. The molecule has 3 aliphatic rings. The van der Waals surface area contributed by atoms with Crippen molar-refractivity contribution in [1.29, 1.82) is 0 Å². The number of benzene rings is 2. The van der Waals surface area contributed by atoms with E-state index in [9.17, 15) is 0 Å². The Hall–Kier alpha value is -1.76. The number of nitrogens with one attached hydrogen (secondary N) is 1. The minimum atomic E-state index is 0.